The number of carbonyl (C=O) groups excluding carboxylic acids is 1. The number of allylic oxidation sites excluding steroid dienone is 1. The van der Waals surface area contributed by atoms with E-state index in [1.807, 2.05) is 55.5 Å². The highest BCUT2D eigenvalue weighted by Crippen LogP contribution is 2.21. The summed E-state index contributed by atoms with van der Waals surface area (Å²) in [5, 5.41) is 0. The van der Waals surface area contributed by atoms with Gasteiger partial charge in [0.1, 0.15) is 18.6 Å². The van der Waals surface area contributed by atoms with Gasteiger partial charge in [-0.05, 0) is 35.8 Å². The Bertz CT molecular complexity index is 571. The van der Waals surface area contributed by atoms with Gasteiger partial charge in [-0.2, -0.15) is 0 Å². The summed E-state index contributed by atoms with van der Waals surface area (Å²) >= 11 is 0. The molecule has 2 rings (SSSR count). The Balaban J connectivity index is 2.11. The van der Waals surface area contributed by atoms with Crippen LogP contribution < -0.4 is 4.74 Å². The number of aryl methyl sites for hydroxylation is 1. The van der Waals surface area contributed by atoms with E-state index in [-0.39, 0.29) is 0 Å². The van der Waals surface area contributed by atoms with E-state index < -0.39 is 0 Å². The molecular weight excluding hydrogens is 236 g/mol. The van der Waals surface area contributed by atoms with Crippen molar-refractivity contribution in [3.05, 3.63) is 71.3 Å². The quantitative estimate of drug-likeness (QED) is 0.598. The normalized spacial score (nSPS) is 10.6. The first kappa shape index (κ1) is 13.1. The molecule has 19 heavy (non-hydrogen) atoms. The Labute approximate surface area is 113 Å². The number of hydrogen-bond acceptors (Lipinski definition) is 2. The highest BCUT2D eigenvalue weighted by molar-refractivity contribution is 5.74. The van der Waals surface area contributed by atoms with Crippen LogP contribution in [0.2, 0.25) is 0 Å². The van der Waals surface area contributed by atoms with E-state index in [1.54, 1.807) is 6.08 Å². The zero-order chi connectivity index (χ0) is 13.5. The maximum Gasteiger partial charge on any atom is 0.142 e. The van der Waals surface area contributed by atoms with Crippen molar-refractivity contribution >= 4 is 12.4 Å². The molecule has 2 heteroatoms. The monoisotopic (exact) mass is 252 g/mol. The minimum absolute atomic E-state index is 0.544. The minimum Gasteiger partial charge on any atom is -0.489 e. The molecule has 2 aromatic carbocycles. The number of benzene rings is 2. The van der Waals surface area contributed by atoms with Crippen LogP contribution in [0.4, 0.5) is 0 Å². The Morgan fingerprint density at radius 2 is 1.89 bits per heavy atom. The summed E-state index contributed by atoms with van der Waals surface area (Å²) in [6.07, 6.45) is 4.01. The van der Waals surface area contributed by atoms with Crippen molar-refractivity contribution in [2.45, 2.75) is 13.5 Å². The largest absolute Gasteiger partial charge is 0.489 e. The number of hydrogen-bond donors (Lipinski definition) is 0. The molecule has 0 amide bonds. The lowest BCUT2D eigenvalue weighted by Crippen LogP contribution is -1.97. The summed E-state index contributed by atoms with van der Waals surface area (Å²) in [5.74, 6) is 0.844. The van der Waals surface area contributed by atoms with Crippen molar-refractivity contribution in [2.75, 3.05) is 0 Å². The van der Waals surface area contributed by atoms with E-state index in [2.05, 4.69) is 0 Å². The standard InChI is InChI=1S/C17H16O2/c1-14-9-10-15(8-5-11-18)12-17(14)19-13-16-6-3-2-4-7-16/h2-12H,13H2,1H3. The summed E-state index contributed by atoms with van der Waals surface area (Å²) in [5.41, 5.74) is 3.18. The molecule has 0 aliphatic carbocycles. The average Bonchev–Trinajstić information content (AvgIpc) is 2.46. The second-order valence-corrected chi connectivity index (χ2v) is 4.29. The second-order valence-electron chi connectivity index (χ2n) is 4.29. The third-order valence-corrected chi connectivity index (χ3v) is 2.82. The van der Waals surface area contributed by atoms with E-state index in [4.69, 9.17) is 4.74 Å². The van der Waals surface area contributed by atoms with Crippen molar-refractivity contribution < 1.29 is 9.53 Å². The van der Waals surface area contributed by atoms with Gasteiger partial charge in [-0.3, -0.25) is 4.79 Å². The van der Waals surface area contributed by atoms with E-state index in [0.717, 1.165) is 28.7 Å². The Morgan fingerprint density at radius 1 is 1.11 bits per heavy atom. The minimum atomic E-state index is 0.544. The SMILES string of the molecule is Cc1ccc(C=CC=O)cc1OCc1ccccc1. The molecule has 0 aliphatic rings. The summed E-state index contributed by atoms with van der Waals surface area (Å²) in [7, 11) is 0. The van der Waals surface area contributed by atoms with Crippen LogP contribution >= 0.6 is 0 Å². The highest BCUT2D eigenvalue weighted by Gasteiger charge is 2.01. The molecule has 0 N–H and O–H groups in total. The third kappa shape index (κ3) is 3.81. The lowest BCUT2D eigenvalue weighted by molar-refractivity contribution is -0.104. The number of carbonyl (C=O) groups is 1. The molecule has 0 saturated carbocycles. The number of aldehydes is 1. The zero-order valence-corrected chi connectivity index (χ0v) is 10.9. The first-order valence-corrected chi connectivity index (χ1v) is 6.19. The molecule has 0 unspecified atom stereocenters. The van der Waals surface area contributed by atoms with Gasteiger partial charge in [0.05, 0.1) is 0 Å². The van der Waals surface area contributed by atoms with E-state index in [0.29, 0.717) is 6.61 Å². The van der Waals surface area contributed by atoms with Gasteiger partial charge in [-0.25, -0.2) is 0 Å². The summed E-state index contributed by atoms with van der Waals surface area (Å²) in [6, 6.07) is 15.9. The van der Waals surface area contributed by atoms with Crippen LogP contribution in [0, 0.1) is 6.92 Å². The molecule has 2 aromatic rings. The van der Waals surface area contributed by atoms with Crippen LogP contribution in [-0.4, -0.2) is 6.29 Å². The van der Waals surface area contributed by atoms with Crippen LogP contribution in [0.5, 0.6) is 5.75 Å². The van der Waals surface area contributed by atoms with Gasteiger partial charge in [0, 0.05) is 0 Å². The summed E-state index contributed by atoms with van der Waals surface area (Å²) in [4.78, 5) is 10.3. The molecule has 0 bridgehead atoms. The van der Waals surface area contributed by atoms with E-state index >= 15 is 0 Å². The maximum absolute atomic E-state index is 10.3. The Kier molecular flexibility index (Phi) is 4.51. The number of rotatable bonds is 5. The molecule has 96 valence electrons. The second kappa shape index (κ2) is 6.55. The van der Waals surface area contributed by atoms with Crippen molar-refractivity contribution in [3.8, 4) is 5.75 Å². The molecule has 0 aliphatic heterocycles. The lowest BCUT2D eigenvalue weighted by Gasteiger charge is -2.10. The van der Waals surface area contributed by atoms with Gasteiger partial charge in [-0.15, -0.1) is 0 Å². The van der Waals surface area contributed by atoms with Gasteiger partial charge in [0.15, 0.2) is 0 Å². The van der Waals surface area contributed by atoms with Gasteiger partial charge in [0.2, 0.25) is 0 Å². The van der Waals surface area contributed by atoms with Gasteiger partial charge in [0.25, 0.3) is 0 Å². The molecule has 0 fully saturated rings. The molecule has 2 nitrogen and oxygen atoms in total. The van der Waals surface area contributed by atoms with Gasteiger partial charge < -0.3 is 4.74 Å². The fraction of sp³-hybridized carbons (Fsp3) is 0.118. The van der Waals surface area contributed by atoms with E-state index in [9.17, 15) is 4.79 Å². The Morgan fingerprint density at radius 3 is 2.63 bits per heavy atom. The zero-order valence-electron chi connectivity index (χ0n) is 10.9. The van der Waals surface area contributed by atoms with Crippen LogP contribution in [0.3, 0.4) is 0 Å². The van der Waals surface area contributed by atoms with Crippen LogP contribution in [0.15, 0.2) is 54.6 Å². The Hall–Kier alpha value is -2.35. The fourth-order valence-electron chi connectivity index (χ4n) is 1.76. The van der Waals surface area contributed by atoms with Gasteiger partial charge >= 0.3 is 0 Å². The van der Waals surface area contributed by atoms with Crippen molar-refractivity contribution in [1.82, 2.24) is 0 Å². The molecule has 0 heterocycles. The highest BCUT2D eigenvalue weighted by atomic mass is 16.5. The maximum atomic E-state index is 10.3. The lowest BCUT2D eigenvalue weighted by atomic mass is 10.1. The van der Waals surface area contributed by atoms with Crippen LogP contribution in [0.25, 0.3) is 6.08 Å². The first-order chi connectivity index (χ1) is 9.29. The predicted molar refractivity (Wildman–Crippen MR) is 77.1 cm³/mol. The molecule has 0 spiro atoms. The molecular formula is C17H16O2. The van der Waals surface area contributed by atoms with Crippen molar-refractivity contribution in [2.24, 2.45) is 0 Å². The smallest absolute Gasteiger partial charge is 0.142 e. The molecule has 0 aromatic heterocycles. The van der Waals surface area contributed by atoms with Gasteiger partial charge in [-0.1, -0.05) is 48.5 Å². The fourth-order valence-corrected chi connectivity index (χ4v) is 1.76. The first-order valence-electron chi connectivity index (χ1n) is 6.19. The third-order valence-electron chi connectivity index (χ3n) is 2.82. The van der Waals surface area contributed by atoms with Crippen LogP contribution in [-0.2, 0) is 11.4 Å². The molecule has 0 atom stereocenters. The van der Waals surface area contributed by atoms with Crippen LogP contribution in [0.1, 0.15) is 16.7 Å². The molecule has 0 saturated heterocycles. The molecule has 0 radical (unpaired) electrons. The van der Waals surface area contributed by atoms with Crippen molar-refractivity contribution in [3.63, 3.8) is 0 Å². The van der Waals surface area contributed by atoms with Crippen molar-refractivity contribution in [1.29, 1.82) is 0 Å². The summed E-state index contributed by atoms with van der Waals surface area (Å²) < 4.78 is 5.82. The average molecular weight is 252 g/mol. The predicted octanol–water partition coefficient (Wildman–Crippen LogP) is 3.79. The summed E-state index contributed by atoms with van der Waals surface area (Å²) in [6.45, 7) is 2.55. The number of ether oxygens (including phenoxy) is 1. The van der Waals surface area contributed by atoms with E-state index in [1.165, 1.54) is 6.08 Å². The topological polar surface area (TPSA) is 26.3 Å².